The van der Waals surface area contributed by atoms with Gasteiger partial charge in [-0.2, -0.15) is 0 Å². The number of ether oxygens (including phenoxy) is 5. The lowest BCUT2D eigenvalue weighted by Gasteiger charge is -2.44. The van der Waals surface area contributed by atoms with Crippen LogP contribution in [0.2, 0.25) is 0 Å². The lowest BCUT2D eigenvalue weighted by molar-refractivity contribution is -0.202. The number of azide groups is 1. The molecular formula is C25H29N3O7S. The van der Waals surface area contributed by atoms with Gasteiger partial charge in [-0.05, 0) is 30.2 Å². The Morgan fingerprint density at radius 2 is 1.83 bits per heavy atom. The Kier molecular flexibility index (Phi) is 10.6. The molecule has 1 aliphatic heterocycles. The maximum Gasteiger partial charge on any atom is 0.331 e. The number of carbonyl (C=O) groups excluding carboxylic acids is 2. The highest BCUT2D eigenvalue weighted by Gasteiger charge is 2.49. The third-order valence-electron chi connectivity index (χ3n) is 5.39. The maximum absolute atomic E-state index is 12.0. The predicted molar refractivity (Wildman–Crippen MR) is 132 cm³/mol. The number of nitrogens with zero attached hydrogens (tertiary/aromatic N) is 3. The van der Waals surface area contributed by atoms with Gasteiger partial charge in [-0.3, -0.25) is 4.79 Å². The summed E-state index contributed by atoms with van der Waals surface area (Å²) in [5.41, 5.74) is 10.6. The van der Waals surface area contributed by atoms with Crippen molar-refractivity contribution in [3.63, 3.8) is 0 Å². The van der Waals surface area contributed by atoms with Gasteiger partial charge in [0.25, 0.3) is 0 Å². The second kappa shape index (κ2) is 13.9. The molecule has 0 N–H and O–H groups in total. The van der Waals surface area contributed by atoms with Crippen molar-refractivity contribution in [1.29, 1.82) is 0 Å². The molecule has 0 saturated carbocycles. The molecule has 0 bridgehead atoms. The molecule has 11 heteroatoms. The van der Waals surface area contributed by atoms with Crippen LogP contribution in [0, 0.1) is 6.92 Å². The number of carbonyl (C=O) groups is 2. The summed E-state index contributed by atoms with van der Waals surface area (Å²) in [4.78, 5) is 27.7. The van der Waals surface area contributed by atoms with E-state index in [4.69, 9.17) is 23.7 Å². The topological polar surface area (TPSA) is 129 Å². The Bertz CT molecular complexity index is 1050. The Balaban J connectivity index is 1.88. The normalized spacial score (nSPS) is 23.4. The van der Waals surface area contributed by atoms with Gasteiger partial charge in [0.05, 0.1) is 32.5 Å². The van der Waals surface area contributed by atoms with E-state index >= 15 is 0 Å². The molecule has 1 aliphatic rings. The first-order valence-corrected chi connectivity index (χ1v) is 12.2. The summed E-state index contributed by atoms with van der Waals surface area (Å²) in [6, 6.07) is 16.4. The molecule has 0 amide bonds. The van der Waals surface area contributed by atoms with Gasteiger partial charge in [-0.25, -0.2) is 4.79 Å². The molecule has 0 aliphatic carbocycles. The highest BCUT2D eigenvalue weighted by atomic mass is 32.2. The summed E-state index contributed by atoms with van der Waals surface area (Å²) in [6.45, 7) is 3.22. The van der Waals surface area contributed by atoms with E-state index in [-0.39, 0.29) is 6.61 Å². The second-order valence-corrected chi connectivity index (χ2v) is 9.27. The lowest BCUT2D eigenvalue weighted by Crippen LogP contribution is -2.59. The van der Waals surface area contributed by atoms with Crippen LogP contribution in [0.25, 0.3) is 10.4 Å². The maximum atomic E-state index is 12.0. The Hall–Kier alpha value is -3.08. The largest absolute Gasteiger partial charge is 0.467 e. The molecule has 1 fully saturated rings. The first-order chi connectivity index (χ1) is 17.4. The average molecular weight is 516 g/mol. The zero-order valence-corrected chi connectivity index (χ0v) is 21.1. The van der Waals surface area contributed by atoms with Crippen molar-refractivity contribution < 1.29 is 33.3 Å². The molecule has 3 rings (SSSR count). The van der Waals surface area contributed by atoms with E-state index in [9.17, 15) is 15.1 Å². The Morgan fingerprint density at radius 3 is 2.47 bits per heavy atom. The van der Waals surface area contributed by atoms with Crippen LogP contribution in [0.3, 0.4) is 0 Å². The molecule has 0 aromatic heterocycles. The molecule has 1 saturated heterocycles. The summed E-state index contributed by atoms with van der Waals surface area (Å²) in [7, 11) is 1.24. The van der Waals surface area contributed by atoms with Crippen LogP contribution < -0.4 is 0 Å². The SMILES string of the molecule is COC(=O)CO[C@H]1[C@@H](N=[N+]=[N-])[C@@H](COCc2ccccc2)O[C@@H](Sc2ccc(C)cc2)[C@@H]1OC(C)=O. The molecule has 2 aromatic rings. The smallest absolute Gasteiger partial charge is 0.331 e. The molecular weight excluding hydrogens is 486 g/mol. The van der Waals surface area contributed by atoms with Crippen molar-refractivity contribution in [2.45, 2.75) is 55.1 Å². The molecule has 0 unspecified atom stereocenters. The van der Waals surface area contributed by atoms with Crippen molar-refractivity contribution in [2.24, 2.45) is 5.11 Å². The predicted octanol–water partition coefficient (Wildman–Crippen LogP) is 4.20. The first kappa shape index (κ1) is 27.5. The number of thioether (sulfide) groups is 1. The van der Waals surface area contributed by atoms with Gasteiger partial charge in [0.2, 0.25) is 0 Å². The highest BCUT2D eigenvalue weighted by Crippen LogP contribution is 2.37. The highest BCUT2D eigenvalue weighted by molar-refractivity contribution is 7.99. The minimum Gasteiger partial charge on any atom is -0.467 e. The molecule has 2 aromatic carbocycles. The summed E-state index contributed by atoms with van der Waals surface area (Å²) >= 11 is 1.33. The molecule has 0 spiro atoms. The molecule has 1 heterocycles. The first-order valence-electron chi connectivity index (χ1n) is 11.3. The number of aryl methyl sites for hydroxylation is 1. The minimum absolute atomic E-state index is 0.0778. The van der Waals surface area contributed by atoms with E-state index in [0.29, 0.717) is 6.61 Å². The van der Waals surface area contributed by atoms with Gasteiger partial charge < -0.3 is 23.7 Å². The van der Waals surface area contributed by atoms with Gasteiger partial charge in [-0.15, -0.1) is 0 Å². The third-order valence-corrected chi connectivity index (χ3v) is 6.55. The van der Waals surface area contributed by atoms with Gasteiger partial charge in [-0.1, -0.05) is 64.9 Å². The fraction of sp³-hybridized carbons (Fsp3) is 0.440. The van der Waals surface area contributed by atoms with Crippen LogP contribution in [0.15, 0.2) is 64.6 Å². The Morgan fingerprint density at radius 1 is 1.11 bits per heavy atom. The summed E-state index contributed by atoms with van der Waals surface area (Å²) < 4.78 is 28.3. The van der Waals surface area contributed by atoms with Crippen LogP contribution in [0.1, 0.15) is 18.1 Å². The zero-order valence-electron chi connectivity index (χ0n) is 20.3. The monoisotopic (exact) mass is 515 g/mol. The molecule has 0 radical (unpaired) electrons. The van der Waals surface area contributed by atoms with Crippen LogP contribution in [0.5, 0.6) is 0 Å². The number of hydrogen-bond acceptors (Lipinski definition) is 9. The Labute approximate surface area is 213 Å². The number of rotatable bonds is 11. The average Bonchev–Trinajstić information content (AvgIpc) is 2.87. The number of esters is 2. The van der Waals surface area contributed by atoms with Crippen LogP contribution in [-0.2, 0) is 39.9 Å². The van der Waals surface area contributed by atoms with Crippen molar-refractivity contribution in [1.82, 2.24) is 0 Å². The molecule has 5 atom stereocenters. The minimum atomic E-state index is -0.981. The van der Waals surface area contributed by atoms with E-state index in [2.05, 4.69) is 10.0 Å². The van der Waals surface area contributed by atoms with Crippen LogP contribution in [-0.4, -0.2) is 62.1 Å². The van der Waals surface area contributed by atoms with Crippen LogP contribution in [0.4, 0.5) is 0 Å². The van der Waals surface area contributed by atoms with Gasteiger partial charge >= 0.3 is 11.9 Å². The van der Waals surface area contributed by atoms with Crippen molar-refractivity contribution in [2.75, 3.05) is 20.3 Å². The molecule has 36 heavy (non-hydrogen) atoms. The van der Waals surface area contributed by atoms with Crippen molar-refractivity contribution in [3.05, 3.63) is 76.2 Å². The third kappa shape index (κ3) is 7.97. The van der Waals surface area contributed by atoms with Gasteiger partial charge in [0, 0.05) is 16.7 Å². The van der Waals surface area contributed by atoms with Crippen molar-refractivity contribution in [3.8, 4) is 0 Å². The summed E-state index contributed by atoms with van der Waals surface area (Å²) in [5, 5.41) is 3.88. The number of hydrogen-bond donors (Lipinski definition) is 0. The molecule has 10 nitrogen and oxygen atoms in total. The molecule has 192 valence electrons. The van der Waals surface area contributed by atoms with E-state index in [1.807, 2.05) is 61.5 Å². The fourth-order valence-corrected chi connectivity index (χ4v) is 4.78. The number of methoxy groups -OCH3 is 1. The van der Waals surface area contributed by atoms with E-state index < -0.39 is 48.3 Å². The standard InChI is InChI=1S/C25H29N3O7S/c1-16-9-11-19(12-10-16)36-25-24(34-17(2)29)23(33-15-21(30)31-3)22(27-28-26)20(35-25)14-32-13-18-7-5-4-6-8-18/h4-12,20,22-25H,13-15H2,1-3H3/t20-,22+,23+,24-,25+/m1/s1. The van der Waals surface area contributed by atoms with Gasteiger partial charge in [0.15, 0.2) is 6.10 Å². The summed E-state index contributed by atoms with van der Waals surface area (Å²) in [6.07, 6.45) is -2.69. The summed E-state index contributed by atoms with van der Waals surface area (Å²) in [5.74, 6) is -1.19. The van der Waals surface area contributed by atoms with Crippen molar-refractivity contribution >= 4 is 23.7 Å². The second-order valence-electron chi connectivity index (χ2n) is 8.10. The quantitative estimate of drug-likeness (QED) is 0.188. The van der Waals surface area contributed by atoms with E-state index in [1.54, 1.807) is 0 Å². The van der Waals surface area contributed by atoms with E-state index in [1.165, 1.54) is 25.8 Å². The zero-order chi connectivity index (χ0) is 25.9. The van der Waals surface area contributed by atoms with Gasteiger partial charge in [0.1, 0.15) is 18.1 Å². The fourth-order valence-electron chi connectivity index (χ4n) is 3.67. The number of benzene rings is 2. The lowest BCUT2D eigenvalue weighted by atomic mass is 9.97. The van der Waals surface area contributed by atoms with E-state index in [0.717, 1.165) is 16.0 Å². The van der Waals surface area contributed by atoms with Crippen LogP contribution >= 0.6 is 11.8 Å².